The highest BCUT2D eigenvalue weighted by Crippen LogP contribution is 2.35. The fourth-order valence-electron chi connectivity index (χ4n) is 3.13. The Bertz CT molecular complexity index is 1140. The van der Waals surface area contributed by atoms with Gasteiger partial charge in [0.25, 0.3) is 0 Å². The van der Waals surface area contributed by atoms with Crippen LogP contribution in [0.3, 0.4) is 0 Å². The maximum Gasteiger partial charge on any atom is 0.337 e. The Morgan fingerprint density at radius 3 is 2.32 bits per heavy atom. The van der Waals surface area contributed by atoms with Gasteiger partial charge in [0.2, 0.25) is 5.78 Å². The number of ether oxygens (including phenoxy) is 4. The van der Waals surface area contributed by atoms with Crippen molar-refractivity contribution < 1.29 is 28.5 Å². The Balaban J connectivity index is 1.44. The summed E-state index contributed by atoms with van der Waals surface area (Å²) in [4.78, 5) is 24.1. The van der Waals surface area contributed by atoms with E-state index in [1.54, 1.807) is 55.7 Å². The Morgan fingerprint density at radius 1 is 0.935 bits per heavy atom. The minimum Gasteiger partial charge on any atom is -0.497 e. The number of ketones is 1. The van der Waals surface area contributed by atoms with Crippen LogP contribution in [-0.2, 0) is 11.3 Å². The number of esters is 1. The third kappa shape index (κ3) is 4.43. The average Bonchev–Trinajstić information content (AvgIpc) is 3.12. The Kier molecular flexibility index (Phi) is 5.71. The Morgan fingerprint density at radius 2 is 1.65 bits per heavy atom. The molecule has 6 heteroatoms. The van der Waals surface area contributed by atoms with Gasteiger partial charge in [0.05, 0.1) is 25.3 Å². The van der Waals surface area contributed by atoms with E-state index < -0.39 is 0 Å². The van der Waals surface area contributed by atoms with Crippen molar-refractivity contribution in [1.29, 1.82) is 0 Å². The molecule has 0 saturated carbocycles. The summed E-state index contributed by atoms with van der Waals surface area (Å²) < 4.78 is 21.4. The zero-order valence-corrected chi connectivity index (χ0v) is 17.1. The van der Waals surface area contributed by atoms with Gasteiger partial charge in [-0.15, -0.1) is 0 Å². The molecule has 0 N–H and O–H groups in total. The van der Waals surface area contributed by atoms with Crippen LogP contribution in [0.1, 0.15) is 31.8 Å². The number of Topliss-reactive ketones (excluding diaryl/α,β-unsaturated/α-hetero) is 1. The molecule has 31 heavy (non-hydrogen) atoms. The number of allylic oxidation sites excluding steroid dienone is 1. The average molecular weight is 416 g/mol. The highest BCUT2D eigenvalue weighted by molar-refractivity contribution is 6.14. The lowest BCUT2D eigenvalue weighted by molar-refractivity contribution is 0.0600. The quantitative estimate of drug-likeness (QED) is 0.429. The summed E-state index contributed by atoms with van der Waals surface area (Å²) in [6.45, 7) is 0.308. The first-order chi connectivity index (χ1) is 15.1. The highest BCUT2D eigenvalue weighted by Gasteiger charge is 2.27. The van der Waals surface area contributed by atoms with Crippen molar-refractivity contribution in [3.8, 4) is 17.2 Å². The molecule has 0 unspecified atom stereocenters. The summed E-state index contributed by atoms with van der Waals surface area (Å²) in [5.41, 5.74) is 2.70. The number of carbonyl (C=O) groups excluding carboxylic acids is 2. The van der Waals surface area contributed by atoms with Gasteiger partial charge >= 0.3 is 5.97 Å². The van der Waals surface area contributed by atoms with Crippen molar-refractivity contribution in [2.24, 2.45) is 0 Å². The van der Waals surface area contributed by atoms with Crippen LogP contribution < -0.4 is 14.2 Å². The lowest BCUT2D eigenvalue weighted by atomic mass is 10.1. The molecule has 0 aromatic heterocycles. The van der Waals surface area contributed by atoms with Crippen LogP contribution in [0.25, 0.3) is 6.08 Å². The molecule has 1 heterocycles. The largest absolute Gasteiger partial charge is 0.497 e. The van der Waals surface area contributed by atoms with Crippen molar-refractivity contribution >= 4 is 17.8 Å². The maximum absolute atomic E-state index is 12.6. The van der Waals surface area contributed by atoms with Crippen LogP contribution in [0.4, 0.5) is 0 Å². The van der Waals surface area contributed by atoms with Crippen LogP contribution in [0.2, 0.25) is 0 Å². The molecule has 6 nitrogen and oxygen atoms in total. The molecule has 1 aliphatic heterocycles. The number of methoxy groups -OCH3 is 2. The number of rotatable bonds is 6. The lowest BCUT2D eigenvalue weighted by Gasteiger charge is -2.08. The summed E-state index contributed by atoms with van der Waals surface area (Å²) in [6.07, 6.45) is 1.70. The van der Waals surface area contributed by atoms with E-state index in [9.17, 15) is 9.59 Å². The fraction of sp³-hybridized carbons (Fsp3) is 0.120. The van der Waals surface area contributed by atoms with Crippen molar-refractivity contribution in [3.05, 3.63) is 94.7 Å². The van der Waals surface area contributed by atoms with Gasteiger partial charge in [-0.2, -0.15) is 0 Å². The van der Waals surface area contributed by atoms with Gasteiger partial charge in [-0.1, -0.05) is 24.3 Å². The van der Waals surface area contributed by atoms with Crippen LogP contribution in [-0.4, -0.2) is 26.0 Å². The summed E-state index contributed by atoms with van der Waals surface area (Å²) in [5.74, 6) is 1.49. The van der Waals surface area contributed by atoms with E-state index in [0.717, 1.165) is 16.9 Å². The molecule has 0 spiro atoms. The van der Waals surface area contributed by atoms with Gasteiger partial charge in [0.1, 0.15) is 23.9 Å². The summed E-state index contributed by atoms with van der Waals surface area (Å²) in [6, 6.07) is 19.5. The molecule has 3 aromatic carbocycles. The SMILES string of the molecule is COC(=O)c1ccc(COc2ccc3c(c2)O/C(=C\c2ccc(OC)cc2)C3=O)cc1. The van der Waals surface area contributed by atoms with Crippen molar-refractivity contribution in [3.63, 3.8) is 0 Å². The number of hydrogen-bond donors (Lipinski definition) is 0. The van der Waals surface area contributed by atoms with E-state index in [2.05, 4.69) is 0 Å². The molecule has 0 fully saturated rings. The van der Waals surface area contributed by atoms with E-state index in [-0.39, 0.29) is 17.5 Å². The summed E-state index contributed by atoms with van der Waals surface area (Å²) >= 11 is 0. The minimum atomic E-state index is -0.383. The molecular weight excluding hydrogens is 396 g/mol. The molecule has 1 aliphatic rings. The van der Waals surface area contributed by atoms with Crippen LogP contribution in [0, 0.1) is 0 Å². The third-order valence-corrected chi connectivity index (χ3v) is 4.84. The minimum absolute atomic E-state index is 0.171. The first kappa shape index (κ1) is 20.2. The van der Waals surface area contributed by atoms with Gasteiger partial charge in [-0.3, -0.25) is 4.79 Å². The molecule has 0 atom stereocenters. The van der Waals surface area contributed by atoms with Crippen molar-refractivity contribution in [2.75, 3.05) is 14.2 Å². The predicted octanol–water partition coefficient (Wildman–Crippen LogP) is 4.68. The molecule has 0 aliphatic carbocycles. The fourth-order valence-corrected chi connectivity index (χ4v) is 3.13. The number of hydrogen-bond acceptors (Lipinski definition) is 6. The van der Waals surface area contributed by atoms with Crippen LogP contribution >= 0.6 is 0 Å². The predicted molar refractivity (Wildman–Crippen MR) is 114 cm³/mol. The molecule has 0 amide bonds. The van der Waals surface area contributed by atoms with E-state index in [1.807, 2.05) is 24.3 Å². The van der Waals surface area contributed by atoms with Crippen molar-refractivity contribution in [1.82, 2.24) is 0 Å². The first-order valence-electron chi connectivity index (χ1n) is 9.60. The molecule has 3 aromatic rings. The van der Waals surface area contributed by atoms with Crippen LogP contribution in [0.15, 0.2) is 72.5 Å². The second-order valence-electron chi connectivity index (χ2n) is 6.85. The monoisotopic (exact) mass is 416 g/mol. The summed E-state index contributed by atoms with van der Waals surface area (Å²) in [5, 5.41) is 0. The number of fused-ring (bicyclic) bond motifs is 1. The van der Waals surface area contributed by atoms with E-state index in [0.29, 0.717) is 29.2 Å². The normalized spacial score (nSPS) is 13.5. The van der Waals surface area contributed by atoms with Crippen molar-refractivity contribution in [2.45, 2.75) is 6.61 Å². The highest BCUT2D eigenvalue weighted by atomic mass is 16.5. The van der Waals surface area contributed by atoms with Gasteiger partial charge in [-0.25, -0.2) is 4.79 Å². The number of benzene rings is 3. The van der Waals surface area contributed by atoms with Gasteiger partial charge < -0.3 is 18.9 Å². The summed E-state index contributed by atoms with van der Waals surface area (Å²) in [7, 11) is 2.95. The second kappa shape index (κ2) is 8.75. The van der Waals surface area contributed by atoms with Crippen LogP contribution in [0.5, 0.6) is 17.2 Å². The maximum atomic E-state index is 12.6. The van der Waals surface area contributed by atoms with Gasteiger partial charge in [0.15, 0.2) is 5.76 Å². The first-order valence-corrected chi connectivity index (χ1v) is 9.60. The third-order valence-electron chi connectivity index (χ3n) is 4.84. The lowest BCUT2D eigenvalue weighted by Crippen LogP contribution is -2.02. The molecule has 156 valence electrons. The Labute approximate surface area is 179 Å². The molecular formula is C25H20O6. The van der Waals surface area contributed by atoms with Gasteiger partial charge in [-0.05, 0) is 53.6 Å². The second-order valence-corrected chi connectivity index (χ2v) is 6.85. The number of carbonyl (C=O) groups is 2. The van der Waals surface area contributed by atoms with E-state index in [4.69, 9.17) is 18.9 Å². The van der Waals surface area contributed by atoms with E-state index >= 15 is 0 Å². The topological polar surface area (TPSA) is 71.1 Å². The van der Waals surface area contributed by atoms with E-state index in [1.165, 1.54) is 7.11 Å². The zero-order chi connectivity index (χ0) is 21.8. The molecule has 4 rings (SSSR count). The molecule has 0 radical (unpaired) electrons. The Hall–Kier alpha value is -4.06. The zero-order valence-electron chi connectivity index (χ0n) is 17.1. The molecule has 0 bridgehead atoms. The standard InChI is InChI=1S/C25H20O6/c1-28-19-9-5-16(6-10-19)13-23-24(26)21-12-11-20(14-22(21)31-23)30-15-17-3-7-18(8-4-17)25(27)29-2/h3-14H,15H2,1-2H3/b23-13-. The molecule has 0 saturated heterocycles. The van der Waals surface area contributed by atoms with Gasteiger partial charge in [0, 0.05) is 6.07 Å². The smallest absolute Gasteiger partial charge is 0.337 e.